The van der Waals surface area contributed by atoms with Crippen LogP contribution < -0.4 is 4.90 Å². The number of carbonyl (C=O) groups excluding carboxylic acids is 1. The van der Waals surface area contributed by atoms with Crippen LogP contribution in [0.3, 0.4) is 0 Å². The van der Waals surface area contributed by atoms with Gasteiger partial charge in [-0.2, -0.15) is 0 Å². The zero-order valence-electron chi connectivity index (χ0n) is 10.7. The van der Waals surface area contributed by atoms with Crippen molar-refractivity contribution in [3.05, 3.63) is 63.1 Å². The van der Waals surface area contributed by atoms with Crippen LogP contribution in [0.15, 0.2) is 42.5 Å². The van der Waals surface area contributed by atoms with Crippen LogP contribution in [0.5, 0.6) is 0 Å². The molecule has 1 fully saturated rings. The molecule has 21 heavy (non-hydrogen) atoms. The fourth-order valence-electron chi connectivity index (χ4n) is 2.23. The van der Waals surface area contributed by atoms with E-state index in [9.17, 15) is 4.79 Å². The maximum atomic E-state index is 12.3. The van der Waals surface area contributed by atoms with Crippen LogP contribution in [0.2, 0.25) is 15.1 Å². The van der Waals surface area contributed by atoms with Gasteiger partial charge in [-0.1, -0.05) is 46.9 Å². The van der Waals surface area contributed by atoms with Gasteiger partial charge >= 0.3 is 0 Å². The molecule has 0 N–H and O–H groups in total. The van der Waals surface area contributed by atoms with E-state index >= 15 is 0 Å². The standard InChI is InChI=1S/C15H10Cl3NOS/c16-10-3-1-9(2-4-10)15-19(14(20)8-21-15)13-7-11(17)5-6-12(13)18/h1-7,15H,8H2/t15-/m1/s1. The van der Waals surface area contributed by atoms with Crippen molar-refractivity contribution in [2.75, 3.05) is 10.7 Å². The molecule has 1 amide bonds. The third-order valence-corrected chi connectivity index (χ3v) is 5.21. The Morgan fingerprint density at radius 3 is 2.38 bits per heavy atom. The predicted octanol–water partition coefficient (Wildman–Crippen LogP) is 5.43. The Morgan fingerprint density at radius 2 is 1.67 bits per heavy atom. The summed E-state index contributed by atoms with van der Waals surface area (Å²) in [7, 11) is 0. The highest BCUT2D eigenvalue weighted by atomic mass is 35.5. The van der Waals surface area contributed by atoms with Crippen molar-refractivity contribution < 1.29 is 4.79 Å². The minimum absolute atomic E-state index is 0.0177. The minimum Gasteiger partial charge on any atom is -0.293 e. The van der Waals surface area contributed by atoms with Crippen molar-refractivity contribution in [1.82, 2.24) is 0 Å². The number of amides is 1. The highest BCUT2D eigenvalue weighted by molar-refractivity contribution is 8.00. The van der Waals surface area contributed by atoms with Gasteiger partial charge < -0.3 is 0 Å². The number of rotatable bonds is 2. The van der Waals surface area contributed by atoms with Crippen LogP contribution in [-0.4, -0.2) is 11.7 Å². The van der Waals surface area contributed by atoms with Crippen LogP contribution in [0.1, 0.15) is 10.9 Å². The zero-order chi connectivity index (χ0) is 15.0. The summed E-state index contributed by atoms with van der Waals surface area (Å²) in [5.74, 6) is 0.431. The summed E-state index contributed by atoms with van der Waals surface area (Å²) in [4.78, 5) is 14.0. The molecular weight excluding hydrogens is 349 g/mol. The summed E-state index contributed by atoms with van der Waals surface area (Å²) in [6, 6.07) is 12.6. The number of thioether (sulfide) groups is 1. The quantitative estimate of drug-likeness (QED) is 0.714. The predicted molar refractivity (Wildman–Crippen MR) is 90.6 cm³/mol. The van der Waals surface area contributed by atoms with Gasteiger partial charge in [0, 0.05) is 10.0 Å². The lowest BCUT2D eigenvalue weighted by Crippen LogP contribution is -2.28. The van der Waals surface area contributed by atoms with E-state index in [0.29, 0.717) is 26.5 Å². The third kappa shape index (κ3) is 3.02. The van der Waals surface area contributed by atoms with Crippen molar-refractivity contribution in [3.63, 3.8) is 0 Å². The molecule has 0 bridgehead atoms. The van der Waals surface area contributed by atoms with Crippen LogP contribution in [0.25, 0.3) is 0 Å². The Balaban J connectivity index is 2.03. The summed E-state index contributed by atoms with van der Waals surface area (Å²) in [6.07, 6.45) is 0. The molecule has 2 nitrogen and oxygen atoms in total. The van der Waals surface area contributed by atoms with Gasteiger partial charge in [-0.15, -0.1) is 11.8 Å². The van der Waals surface area contributed by atoms with Crippen LogP contribution in [0.4, 0.5) is 5.69 Å². The number of benzene rings is 2. The second-order valence-electron chi connectivity index (χ2n) is 4.57. The van der Waals surface area contributed by atoms with Gasteiger partial charge in [0.1, 0.15) is 5.37 Å². The lowest BCUT2D eigenvalue weighted by Gasteiger charge is -2.25. The van der Waals surface area contributed by atoms with Gasteiger partial charge in [-0.25, -0.2) is 0 Å². The Kier molecular flexibility index (Phi) is 4.36. The molecule has 1 aliphatic rings. The topological polar surface area (TPSA) is 20.3 Å². The first-order valence-electron chi connectivity index (χ1n) is 6.20. The Morgan fingerprint density at radius 1 is 1.00 bits per heavy atom. The molecule has 0 saturated carbocycles. The molecule has 1 heterocycles. The van der Waals surface area contributed by atoms with Crippen molar-refractivity contribution in [2.45, 2.75) is 5.37 Å². The summed E-state index contributed by atoms with van der Waals surface area (Å²) < 4.78 is 0. The van der Waals surface area contributed by atoms with E-state index in [-0.39, 0.29) is 11.3 Å². The molecular formula is C15H10Cl3NOS. The van der Waals surface area contributed by atoms with Crippen LogP contribution >= 0.6 is 46.6 Å². The molecule has 2 aromatic carbocycles. The summed E-state index contributed by atoms with van der Waals surface area (Å²) in [5.41, 5.74) is 1.64. The third-order valence-electron chi connectivity index (χ3n) is 3.19. The lowest BCUT2D eigenvalue weighted by atomic mass is 10.2. The first-order valence-corrected chi connectivity index (χ1v) is 8.39. The lowest BCUT2D eigenvalue weighted by molar-refractivity contribution is -0.115. The van der Waals surface area contributed by atoms with E-state index in [2.05, 4.69) is 0 Å². The average molecular weight is 359 g/mol. The van der Waals surface area contributed by atoms with Gasteiger partial charge in [0.25, 0.3) is 0 Å². The number of hydrogen-bond acceptors (Lipinski definition) is 2. The van der Waals surface area contributed by atoms with Crippen molar-refractivity contribution in [3.8, 4) is 0 Å². The molecule has 0 spiro atoms. The summed E-state index contributed by atoms with van der Waals surface area (Å²) in [6.45, 7) is 0. The van der Waals surface area contributed by atoms with Gasteiger partial charge in [-0.3, -0.25) is 9.69 Å². The van der Waals surface area contributed by atoms with E-state index in [1.54, 1.807) is 34.9 Å². The fourth-order valence-corrected chi connectivity index (χ4v) is 3.90. The monoisotopic (exact) mass is 357 g/mol. The molecule has 0 aliphatic carbocycles. The zero-order valence-corrected chi connectivity index (χ0v) is 13.8. The number of nitrogens with zero attached hydrogens (tertiary/aromatic N) is 1. The minimum atomic E-state index is -0.120. The Labute approximate surface area is 142 Å². The van der Waals surface area contributed by atoms with E-state index in [4.69, 9.17) is 34.8 Å². The van der Waals surface area contributed by atoms with Gasteiger partial charge in [0.05, 0.1) is 16.5 Å². The maximum Gasteiger partial charge on any atom is 0.238 e. The molecule has 3 rings (SSSR count). The average Bonchev–Trinajstić information content (AvgIpc) is 2.84. The van der Waals surface area contributed by atoms with Crippen LogP contribution in [-0.2, 0) is 4.79 Å². The molecule has 0 radical (unpaired) electrons. The molecule has 1 saturated heterocycles. The van der Waals surface area contributed by atoms with Crippen molar-refractivity contribution >= 4 is 58.2 Å². The van der Waals surface area contributed by atoms with E-state index in [1.165, 1.54) is 0 Å². The highest BCUT2D eigenvalue weighted by Gasteiger charge is 2.35. The van der Waals surface area contributed by atoms with Gasteiger partial charge in [-0.05, 0) is 35.9 Å². The fraction of sp³-hybridized carbons (Fsp3) is 0.133. The molecule has 0 unspecified atom stereocenters. The Hall–Kier alpha value is -0.870. The first kappa shape index (κ1) is 15.0. The van der Waals surface area contributed by atoms with Gasteiger partial charge in [0.15, 0.2) is 0 Å². The van der Waals surface area contributed by atoms with E-state index < -0.39 is 0 Å². The second-order valence-corrected chi connectivity index (χ2v) is 6.92. The molecule has 6 heteroatoms. The number of halogens is 3. The number of carbonyl (C=O) groups is 1. The number of hydrogen-bond donors (Lipinski definition) is 0. The molecule has 1 aliphatic heterocycles. The van der Waals surface area contributed by atoms with E-state index in [0.717, 1.165) is 5.56 Å². The van der Waals surface area contributed by atoms with Crippen molar-refractivity contribution in [2.24, 2.45) is 0 Å². The smallest absolute Gasteiger partial charge is 0.238 e. The SMILES string of the molecule is O=C1CS[C@H](c2ccc(Cl)cc2)N1c1cc(Cl)ccc1Cl. The van der Waals surface area contributed by atoms with Crippen molar-refractivity contribution in [1.29, 1.82) is 0 Å². The highest BCUT2D eigenvalue weighted by Crippen LogP contribution is 2.44. The Bertz CT molecular complexity index is 690. The second kappa shape index (κ2) is 6.09. The molecule has 1 atom stereocenters. The summed E-state index contributed by atoms with van der Waals surface area (Å²) >= 11 is 19.8. The molecule has 108 valence electrons. The van der Waals surface area contributed by atoms with Gasteiger partial charge in [0.2, 0.25) is 5.91 Å². The molecule has 2 aromatic rings. The number of anilines is 1. The normalized spacial score (nSPS) is 18.3. The van der Waals surface area contributed by atoms with Crippen LogP contribution in [0, 0.1) is 0 Å². The van der Waals surface area contributed by atoms with E-state index in [1.807, 2.05) is 24.3 Å². The summed E-state index contributed by atoms with van der Waals surface area (Å²) in [5, 5.41) is 1.61. The largest absolute Gasteiger partial charge is 0.293 e. The molecule has 0 aromatic heterocycles. The first-order chi connectivity index (χ1) is 10.1. The maximum absolute atomic E-state index is 12.3.